The normalized spacial score (nSPS) is 17.3. The minimum absolute atomic E-state index is 0.0100. The van der Waals surface area contributed by atoms with Crippen LogP contribution in [-0.2, 0) is 22.7 Å². The van der Waals surface area contributed by atoms with E-state index in [1.165, 1.54) is 0 Å². The molecule has 0 unspecified atom stereocenters. The molecule has 1 aromatic carbocycles. The number of rotatable bonds is 5. The van der Waals surface area contributed by atoms with E-state index >= 15 is 0 Å². The van der Waals surface area contributed by atoms with Gasteiger partial charge in [0.25, 0.3) is 0 Å². The fraction of sp³-hybridized carbons (Fsp3) is 0.353. The number of hydrogen-bond donors (Lipinski definition) is 1. The maximum atomic E-state index is 12.5. The molecule has 0 spiro atoms. The Morgan fingerprint density at radius 1 is 1.33 bits per heavy atom. The fourth-order valence-electron chi connectivity index (χ4n) is 2.80. The van der Waals surface area contributed by atoms with Crippen molar-refractivity contribution in [1.82, 2.24) is 14.7 Å². The summed E-state index contributed by atoms with van der Waals surface area (Å²) in [5, 5.41) is 7.69. The maximum Gasteiger partial charge on any atom is 0.248 e. The molecule has 3 rings (SSSR count). The van der Waals surface area contributed by atoms with Crippen molar-refractivity contribution in [2.45, 2.75) is 38.9 Å². The molecule has 1 aliphatic rings. The first-order chi connectivity index (χ1) is 11.6. The molecule has 1 atom stereocenters. The van der Waals surface area contributed by atoms with Crippen molar-refractivity contribution in [2.24, 2.45) is 0 Å². The molecule has 1 saturated heterocycles. The second-order valence-corrected chi connectivity index (χ2v) is 6.18. The minimum atomic E-state index is -0.472. The van der Waals surface area contributed by atoms with Crippen molar-refractivity contribution < 1.29 is 9.59 Å². The number of anilines is 1. The van der Waals surface area contributed by atoms with Gasteiger partial charge in [0.05, 0.1) is 0 Å². The lowest BCUT2D eigenvalue weighted by molar-refractivity contribution is -0.133. The van der Waals surface area contributed by atoms with Gasteiger partial charge < -0.3 is 10.2 Å². The molecule has 0 bridgehead atoms. The quantitative estimate of drug-likeness (QED) is 0.905. The number of nitrogens with one attached hydrogen (secondary N) is 1. The van der Waals surface area contributed by atoms with Gasteiger partial charge in [-0.15, -0.1) is 0 Å². The maximum absolute atomic E-state index is 12.5. The van der Waals surface area contributed by atoms with Crippen LogP contribution in [-0.4, -0.2) is 32.5 Å². The Morgan fingerprint density at radius 2 is 2.08 bits per heavy atom. The smallest absolute Gasteiger partial charge is 0.248 e. The van der Waals surface area contributed by atoms with E-state index in [1.54, 1.807) is 34.0 Å². The monoisotopic (exact) mass is 346 g/mol. The highest BCUT2D eigenvalue weighted by Crippen LogP contribution is 2.23. The Bertz CT molecular complexity index is 741. The van der Waals surface area contributed by atoms with E-state index in [0.717, 1.165) is 12.1 Å². The largest absolute Gasteiger partial charge is 0.326 e. The minimum Gasteiger partial charge on any atom is -0.326 e. The average molecular weight is 347 g/mol. The molecule has 2 aromatic rings. The summed E-state index contributed by atoms with van der Waals surface area (Å²) in [7, 11) is 0. The highest BCUT2D eigenvalue weighted by molar-refractivity contribution is 6.30. The number of aromatic nitrogens is 2. The summed E-state index contributed by atoms with van der Waals surface area (Å²) in [6, 6.07) is 8.58. The lowest BCUT2D eigenvalue weighted by Gasteiger charge is -2.23. The number of hydrogen-bond acceptors (Lipinski definition) is 3. The van der Waals surface area contributed by atoms with Gasteiger partial charge >= 0.3 is 0 Å². The first-order valence-electron chi connectivity index (χ1n) is 7.95. The molecular formula is C17H19ClN4O2. The molecule has 6 nitrogen and oxygen atoms in total. The lowest BCUT2D eigenvalue weighted by atomic mass is 10.1. The van der Waals surface area contributed by atoms with E-state index < -0.39 is 6.04 Å². The van der Waals surface area contributed by atoms with Crippen LogP contribution in [0.15, 0.2) is 36.5 Å². The molecule has 2 heterocycles. The van der Waals surface area contributed by atoms with Crippen molar-refractivity contribution in [3.63, 3.8) is 0 Å². The highest BCUT2D eigenvalue weighted by atomic mass is 35.5. The zero-order valence-corrected chi connectivity index (χ0v) is 14.2. The van der Waals surface area contributed by atoms with E-state index in [9.17, 15) is 9.59 Å². The van der Waals surface area contributed by atoms with Gasteiger partial charge in [0.1, 0.15) is 6.04 Å². The van der Waals surface area contributed by atoms with Gasteiger partial charge in [0, 0.05) is 36.8 Å². The molecule has 0 radical (unpaired) electrons. The second-order valence-electron chi connectivity index (χ2n) is 5.75. The first kappa shape index (κ1) is 16.5. The predicted octanol–water partition coefficient (Wildman–Crippen LogP) is 2.69. The van der Waals surface area contributed by atoms with Crippen molar-refractivity contribution >= 4 is 29.2 Å². The Labute approximate surface area is 145 Å². The number of likely N-dealkylation sites (tertiary alicyclic amines) is 1. The first-order valence-corrected chi connectivity index (χ1v) is 8.33. The second kappa shape index (κ2) is 7.05. The van der Waals surface area contributed by atoms with Crippen molar-refractivity contribution in [1.29, 1.82) is 0 Å². The van der Waals surface area contributed by atoms with E-state index in [2.05, 4.69) is 10.4 Å². The van der Waals surface area contributed by atoms with E-state index in [4.69, 9.17) is 11.6 Å². The van der Waals surface area contributed by atoms with Gasteiger partial charge in [-0.3, -0.25) is 14.3 Å². The Balaban J connectivity index is 1.69. The van der Waals surface area contributed by atoms with Gasteiger partial charge in [-0.2, -0.15) is 5.10 Å². The van der Waals surface area contributed by atoms with Crippen LogP contribution in [0.4, 0.5) is 5.82 Å². The Morgan fingerprint density at radius 3 is 2.75 bits per heavy atom. The van der Waals surface area contributed by atoms with Crippen LogP contribution >= 0.6 is 11.6 Å². The number of carbonyl (C=O) groups is 2. The topological polar surface area (TPSA) is 67.2 Å². The van der Waals surface area contributed by atoms with E-state index in [-0.39, 0.29) is 11.8 Å². The van der Waals surface area contributed by atoms with Crippen LogP contribution in [0.1, 0.15) is 25.3 Å². The van der Waals surface area contributed by atoms with Crippen molar-refractivity contribution in [3.05, 3.63) is 47.1 Å². The lowest BCUT2D eigenvalue weighted by Crippen LogP contribution is -2.41. The van der Waals surface area contributed by atoms with Crippen LogP contribution in [0.25, 0.3) is 0 Å². The summed E-state index contributed by atoms with van der Waals surface area (Å²) < 4.78 is 1.74. The zero-order chi connectivity index (χ0) is 17.1. The molecule has 0 aliphatic carbocycles. The summed E-state index contributed by atoms with van der Waals surface area (Å²) in [6.45, 7) is 3.11. The van der Waals surface area contributed by atoms with E-state index in [1.807, 2.05) is 19.1 Å². The van der Waals surface area contributed by atoms with Crippen LogP contribution in [0.3, 0.4) is 0 Å². The number of halogens is 1. The molecule has 0 saturated carbocycles. The molecule has 7 heteroatoms. The molecule has 1 N–H and O–H groups in total. The SMILES string of the molecule is CCn1ccc(NC(=O)[C@H]2CCC(=O)N2Cc2ccc(Cl)cc2)n1. The van der Waals surface area contributed by atoms with Gasteiger partial charge in [0.15, 0.2) is 5.82 Å². The van der Waals surface area contributed by atoms with Gasteiger partial charge in [-0.25, -0.2) is 0 Å². The number of amides is 2. The number of nitrogens with zero attached hydrogens (tertiary/aromatic N) is 3. The van der Waals surface area contributed by atoms with E-state index in [0.29, 0.717) is 30.2 Å². The number of aryl methyl sites for hydroxylation is 1. The molecule has 1 fully saturated rings. The molecule has 126 valence electrons. The van der Waals surface area contributed by atoms with Gasteiger partial charge in [-0.05, 0) is 31.0 Å². The summed E-state index contributed by atoms with van der Waals surface area (Å²) >= 11 is 5.89. The summed E-state index contributed by atoms with van der Waals surface area (Å²) in [5.41, 5.74) is 0.947. The van der Waals surface area contributed by atoms with Crippen LogP contribution in [0.5, 0.6) is 0 Å². The molecular weight excluding hydrogens is 328 g/mol. The summed E-state index contributed by atoms with van der Waals surface area (Å²) in [5.74, 6) is 0.299. The third-order valence-electron chi connectivity index (χ3n) is 4.11. The molecule has 2 amide bonds. The Hall–Kier alpha value is -2.34. The Kier molecular flexibility index (Phi) is 4.85. The van der Waals surface area contributed by atoms with Crippen LogP contribution in [0.2, 0.25) is 5.02 Å². The van der Waals surface area contributed by atoms with Crippen LogP contribution in [0, 0.1) is 0 Å². The third kappa shape index (κ3) is 3.59. The molecule has 1 aromatic heterocycles. The number of benzene rings is 1. The van der Waals surface area contributed by atoms with Crippen LogP contribution < -0.4 is 5.32 Å². The molecule has 1 aliphatic heterocycles. The third-order valence-corrected chi connectivity index (χ3v) is 4.36. The number of carbonyl (C=O) groups excluding carboxylic acids is 2. The predicted molar refractivity (Wildman–Crippen MR) is 91.6 cm³/mol. The highest BCUT2D eigenvalue weighted by Gasteiger charge is 2.36. The summed E-state index contributed by atoms with van der Waals surface area (Å²) in [4.78, 5) is 26.3. The van der Waals surface area contributed by atoms with Gasteiger partial charge in [-0.1, -0.05) is 23.7 Å². The zero-order valence-electron chi connectivity index (χ0n) is 13.4. The summed E-state index contributed by atoms with van der Waals surface area (Å²) in [6.07, 6.45) is 2.71. The van der Waals surface area contributed by atoms with Gasteiger partial charge in [0.2, 0.25) is 11.8 Å². The fourth-order valence-corrected chi connectivity index (χ4v) is 2.93. The molecule has 24 heavy (non-hydrogen) atoms. The average Bonchev–Trinajstić information content (AvgIpc) is 3.17. The van der Waals surface area contributed by atoms with Crippen molar-refractivity contribution in [2.75, 3.05) is 5.32 Å². The van der Waals surface area contributed by atoms with Crippen molar-refractivity contribution in [3.8, 4) is 0 Å². The standard InChI is InChI=1S/C17H19ClN4O2/c1-2-21-10-9-15(20-21)19-17(24)14-7-8-16(23)22(14)11-12-3-5-13(18)6-4-12/h3-6,9-10,14H,2,7-8,11H2,1H3,(H,19,20,24)/t14-/m1/s1.